The fraction of sp³-hybridized carbons (Fsp3) is 0.786. The first-order valence-electron chi connectivity index (χ1n) is 7.10. The molecule has 2 saturated heterocycles. The van der Waals surface area contributed by atoms with Crippen molar-refractivity contribution in [3.63, 3.8) is 0 Å². The van der Waals surface area contributed by atoms with Crippen molar-refractivity contribution in [1.82, 2.24) is 19.7 Å². The molecule has 0 aliphatic carbocycles. The van der Waals surface area contributed by atoms with Crippen LogP contribution in [0.4, 0.5) is 0 Å². The number of hydrogen-bond donors (Lipinski definition) is 0. The van der Waals surface area contributed by atoms with Gasteiger partial charge in [0.1, 0.15) is 5.01 Å². The average molecular weight is 280 g/mol. The Hall–Kier alpha value is -0.490. The molecule has 0 aromatic carbocycles. The predicted octanol–water partition coefficient (Wildman–Crippen LogP) is 1.35. The molecule has 0 bridgehead atoms. The number of rotatable bonds is 2. The summed E-state index contributed by atoms with van der Waals surface area (Å²) < 4.78 is 0. The molecule has 0 unspecified atom stereocenters. The second kappa shape index (κ2) is 5.13. The van der Waals surface area contributed by atoms with E-state index in [1.54, 1.807) is 11.3 Å². The number of hydrogen-bond acceptors (Lipinski definition) is 5. The maximum absolute atomic E-state index is 4.41. The summed E-state index contributed by atoms with van der Waals surface area (Å²) in [7, 11) is 2.25. The SMILES string of the molecule is CN1C[C@@H]2CN(Cc3nccs3)CCN2C(C)(C)C1. The molecule has 1 atom stereocenters. The average Bonchev–Trinajstić information content (AvgIpc) is 2.79. The Morgan fingerprint density at radius 1 is 1.37 bits per heavy atom. The third-order valence-corrected chi connectivity index (χ3v) is 5.13. The molecule has 4 nitrogen and oxygen atoms in total. The first kappa shape index (κ1) is 13.5. The van der Waals surface area contributed by atoms with Crippen LogP contribution in [0.1, 0.15) is 18.9 Å². The van der Waals surface area contributed by atoms with E-state index in [9.17, 15) is 0 Å². The Morgan fingerprint density at radius 3 is 2.95 bits per heavy atom. The Labute approximate surface area is 120 Å². The lowest BCUT2D eigenvalue weighted by molar-refractivity contribution is -0.0592. The van der Waals surface area contributed by atoms with E-state index >= 15 is 0 Å². The molecule has 0 radical (unpaired) electrons. The summed E-state index contributed by atoms with van der Waals surface area (Å²) >= 11 is 1.77. The summed E-state index contributed by atoms with van der Waals surface area (Å²) in [5.74, 6) is 0. The van der Waals surface area contributed by atoms with Gasteiger partial charge in [-0.25, -0.2) is 4.98 Å². The van der Waals surface area contributed by atoms with Crippen molar-refractivity contribution < 1.29 is 0 Å². The lowest BCUT2D eigenvalue weighted by Crippen LogP contribution is -2.68. The first-order valence-corrected chi connectivity index (χ1v) is 7.98. The third kappa shape index (κ3) is 2.84. The van der Waals surface area contributed by atoms with Gasteiger partial charge in [-0.3, -0.25) is 9.80 Å². The van der Waals surface area contributed by atoms with E-state index in [0.717, 1.165) is 6.54 Å². The van der Waals surface area contributed by atoms with Gasteiger partial charge in [0.25, 0.3) is 0 Å². The van der Waals surface area contributed by atoms with Crippen molar-refractivity contribution in [2.45, 2.75) is 32.0 Å². The molecule has 1 aromatic heterocycles. The van der Waals surface area contributed by atoms with Crippen molar-refractivity contribution in [3.8, 4) is 0 Å². The van der Waals surface area contributed by atoms with Crippen molar-refractivity contribution in [2.75, 3.05) is 39.8 Å². The highest BCUT2D eigenvalue weighted by atomic mass is 32.1. The molecule has 5 heteroatoms. The van der Waals surface area contributed by atoms with Crippen LogP contribution in [0.15, 0.2) is 11.6 Å². The molecule has 2 fully saturated rings. The maximum atomic E-state index is 4.41. The first-order chi connectivity index (χ1) is 9.04. The molecule has 0 spiro atoms. The molecular formula is C14H24N4S. The number of thiazole rings is 1. The molecule has 3 rings (SSSR count). The van der Waals surface area contributed by atoms with Gasteiger partial charge in [-0.05, 0) is 20.9 Å². The lowest BCUT2D eigenvalue weighted by atomic mass is 9.93. The van der Waals surface area contributed by atoms with Crippen molar-refractivity contribution in [1.29, 1.82) is 0 Å². The maximum Gasteiger partial charge on any atom is 0.107 e. The van der Waals surface area contributed by atoms with Gasteiger partial charge in [0.05, 0.1) is 6.54 Å². The molecule has 0 saturated carbocycles. The van der Waals surface area contributed by atoms with Crippen molar-refractivity contribution in [2.24, 2.45) is 0 Å². The van der Waals surface area contributed by atoms with Crippen molar-refractivity contribution in [3.05, 3.63) is 16.6 Å². The second-order valence-corrected chi connectivity index (χ2v) is 7.50. The van der Waals surface area contributed by atoms with Crippen LogP contribution in [0, 0.1) is 0 Å². The minimum Gasteiger partial charge on any atom is -0.303 e. The summed E-state index contributed by atoms with van der Waals surface area (Å²) in [5, 5.41) is 3.32. The zero-order valence-electron chi connectivity index (χ0n) is 12.2. The van der Waals surface area contributed by atoms with Gasteiger partial charge in [-0.1, -0.05) is 0 Å². The summed E-state index contributed by atoms with van der Waals surface area (Å²) in [6.45, 7) is 11.7. The van der Waals surface area contributed by atoms with Crippen LogP contribution in [0.5, 0.6) is 0 Å². The van der Waals surface area contributed by atoms with Crippen molar-refractivity contribution >= 4 is 11.3 Å². The van der Waals surface area contributed by atoms with Crippen LogP contribution in [0.2, 0.25) is 0 Å². The Kier molecular flexibility index (Phi) is 3.64. The zero-order valence-corrected chi connectivity index (χ0v) is 13.0. The van der Waals surface area contributed by atoms with Crippen LogP contribution in [0.3, 0.4) is 0 Å². The Balaban J connectivity index is 1.66. The standard InChI is InChI=1S/C14H24N4S/c1-14(2)11-16(3)8-12-9-17(5-6-18(12)14)10-13-15-4-7-19-13/h4,7,12H,5-6,8-11H2,1-3H3/t12-/m1/s1. The van der Waals surface area contributed by atoms with Gasteiger partial charge in [0.2, 0.25) is 0 Å². The minimum absolute atomic E-state index is 0.310. The summed E-state index contributed by atoms with van der Waals surface area (Å²) in [6.07, 6.45) is 1.91. The van der Waals surface area contributed by atoms with E-state index < -0.39 is 0 Å². The van der Waals surface area contributed by atoms with Gasteiger partial charge in [-0.15, -0.1) is 11.3 Å². The number of likely N-dealkylation sites (N-methyl/N-ethyl adjacent to an activating group) is 1. The van der Waals surface area contributed by atoms with Gasteiger partial charge in [0, 0.05) is 55.9 Å². The van der Waals surface area contributed by atoms with Crippen LogP contribution in [0.25, 0.3) is 0 Å². The number of piperazine rings is 2. The lowest BCUT2D eigenvalue weighted by Gasteiger charge is -2.55. The Morgan fingerprint density at radius 2 is 2.21 bits per heavy atom. The van der Waals surface area contributed by atoms with Crippen LogP contribution >= 0.6 is 11.3 Å². The van der Waals surface area contributed by atoms with Crippen LogP contribution in [-0.2, 0) is 6.54 Å². The molecule has 1 aromatic rings. The number of nitrogens with zero attached hydrogens (tertiary/aromatic N) is 4. The molecule has 0 amide bonds. The third-order valence-electron chi connectivity index (χ3n) is 4.37. The van der Waals surface area contributed by atoms with Gasteiger partial charge >= 0.3 is 0 Å². The zero-order chi connectivity index (χ0) is 13.5. The monoisotopic (exact) mass is 280 g/mol. The molecule has 106 valence electrons. The van der Waals surface area contributed by atoms with E-state index in [0.29, 0.717) is 11.6 Å². The minimum atomic E-state index is 0.310. The normalized spacial score (nSPS) is 29.3. The highest BCUT2D eigenvalue weighted by Gasteiger charge is 2.41. The second-order valence-electron chi connectivity index (χ2n) is 6.52. The molecular weight excluding hydrogens is 256 g/mol. The van der Waals surface area contributed by atoms with Gasteiger partial charge in [0.15, 0.2) is 0 Å². The quantitative estimate of drug-likeness (QED) is 0.816. The Bertz CT molecular complexity index is 417. The van der Waals surface area contributed by atoms with E-state index in [1.807, 2.05) is 6.20 Å². The highest BCUT2D eigenvalue weighted by Crippen LogP contribution is 2.27. The fourth-order valence-corrected chi connectivity index (χ4v) is 4.37. The summed E-state index contributed by atoms with van der Waals surface area (Å²) in [4.78, 5) is 12.2. The molecule has 3 heterocycles. The van der Waals surface area contributed by atoms with Crippen LogP contribution < -0.4 is 0 Å². The van der Waals surface area contributed by atoms with Gasteiger partial charge in [-0.2, -0.15) is 0 Å². The highest BCUT2D eigenvalue weighted by molar-refractivity contribution is 7.09. The van der Waals surface area contributed by atoms with Gasteiger partial charge < -0.3 is 4.90 Å². The number of aromatic nitrogens is 1. The molecule has 2 aliphatic rings. The summed E-state index contributed by atoms with van der Waals surface area (Å²) in [5.41, 5.74) is 0.310. The van der Waals surface area contributed by atoms with Crippen LogP contribution in [-0.4, -0.2) is 71.0 Å². The predicted molar refractivity (Wildman–Crippen MR) is 79.5 cm³/mol. The number of fused-ring (bicyclic) bond motifs is 1. The molecule has 0 N–H and O–H groups in total. The molecule has 2 aliphatic heterocycles. The van der Waals surface area contributed by atoms with E-state index in [1.165, 1.54) is 37.7 Å². The topological polar surface area (TPSA) is 22.6 Å². The van der Waals surface area contributed by atoms with E-state index in [4.69, 9.17) is 0 Å². The smallest absolute Gasteiger partial charge is 0.107 e. The van der Waals surface area contributed by atoms with E-state index in [2.05, 4.69) is 46.0 Å². The largest absolute Gasteiger partial charge is 0.303 e. The summed E-state index contributed by atoms with van der Waals surface area (Å²) in [6, 6.07) is 0.669. The molecule has 19 heavy (non-hydrogen) atoms. The fourth-order valence-electron chi connectivity index (χ4n) is 3.71. The van der Waals surface area contributed by atoms with E-state index in [-0.39, 0.29) is 0 Å².